The molecule has 2 aromatic carbocycles. The lowest BCUT2D eigenvalue weighted by atomic mass is 10.00. The molecule has 1 fully saturated rings. The highest BCUT2D eigenvalue weighted by Crippen LogP contribution is 2.30. The lowest BCUT2D eigenvalue weighted by Gasteiger charge is -2.34. The molecule has 0 amide bonds. The van der Waals surface area contributed by atoms with E-state index in [1.807, 2.05) is 6.20 Å². The van der Waals surface area contributed by atoms with Gasteiger partial charge in [-0.25, -0.2) is 4.98 Å². The van der Waals surface area contributed by atoms with Crippen LogP contribution in [0.2, 0.25) is 0 Å². The molecular weight excluding hydrogens is 322 g/mol. The number of nitrogens with zero attached hydrogens (tertiary/aromatic N) is 2. The zero-order valence-electron chi connectivity index (χ0n) is 14.9. The van der Waals surface area contributed by atoms with Crippen LogP contribution in [0.5, 0.6) is 0 Å². The van der Waals surface area contributed by atoms with Gasteiger partial charge in [-0.3, -0.25) is 4.90 Å². The second kappa shape index (κ2) is 8.30. The topological polar surface area (TPSA) is 41.1 Å². The Morgan fingerprint density at radius 2 is 1.58 bits per heavy atom. The zero-order valence-corrected chi connectivity index (χ0v) is 14.9. The lowest BCUT2D eigenvalue weighted by molar-refractivity contribution is -0.0282. The summed E-state index contributed by atoms with van der Waals surface area (Å²) in [6.45, 7) is 3.05. The normalized spacial score (nSPS) is 16.2. The number of hydrogen-bond donors (Lipinski definition) is 1. The minimum absolute atomic E-state index is 0.00144. The fourth-order valence-corrected chi connectivity index (χ4v) is 3.61. The van der Waals surface area contributed by atoms with Crippen LogP contribution < -0.4 is 0 Å². The van der Waals surface area contributed by atoms with Crippen LogP contribution in [0.25, 0.3) is 0 Å². The molecule has 0 radical (unpaired) electrons. The van der Waals surface area contributed by atoms with E-state index in [1.165, 1.54) is 16.8 Å². The Morgan fingerprint density at radius 1 is 0.962 bits per heavy atom. The maximum Gasteiger partial charge on any atom is 0.108 e. The maximum absolute atomic E-state index is 6.60. The zero-order chi connectivity index (χ0) is 17.6. The summed E-state index contributed by atoms with van der Waals surface area (Å²) in [6.07, 6.45) is 6.06. The van der Waals surface area contributed by atoms with Crippen LogP contribution in [0, 0.1) is 0 Å². The van der Waals surface area contributed by atoms with Gasteiger partial charge >= 0.3 is 0 Å². The summed E-state index contributed by atoms with van der Waals surface area (Å²) in [7, 11) is 0. The van der Waals surface area contributed by atoms with E-state index in [0.717, 1.165) is 32.5 Å². The first-order chi connectivity index (χ1) is 12.9. The Hall–Kier alpha value is -2.43. The number of H-pyrrole nitrogens is 1. The second-order valence-corrected chi connectivity index (χ2v) is 6.89. The summed E-state index contributed by atoms with van der Waals surface area (Å²) in [6, 6.07) is 21.1. The molecule has 0 bridgehead atoms. The first-order valence-electron chi connectivity index (χ1n) is 9.33. The predicted molar refractivity (Wildman–Crippen MR) is 103 cm³/mol. The van der Waals surface area contributed by atoms with Gasteiger partial charge in [-0.05, 0) is 24.0 Å². The molecule has 0 aliphatic carbocycles. The van der Waals surface area contributed by atoms with Crippen molar-refractivity contribution >= 4 is 0 Å². The molecule has 2 heterocycles. The van der Waals surface area contributed by atoms with Gasteiger partial charge in [-0.2, -0.15) is 0 Å². The standard InChI is InChI=1S/C22H25N3O/c1-3-7-18(8-4-1)22(19-9-5-2-6-10-19)26-21-11-13-25(14-12-21)16-20-15-23-17-24-20/h1-10,15,17,21-22H,11-14,16H2,(H,23,24). The van der Waals surface area contributed by atoms with Gasteiger partial charge in [0.05, 0.1) is 12.4 Å². The molecule has 4 heteroatoms. The Balaban J connectivity index is 1.41. The van der Waals surface area contributed by atoms with Crippen LogP contribution >= 0.6 is 0 Å². The molecule has 1 aromatic heterocycles. The number of nitrogens with one attached hydrogen (secondary N) is 1. The molecular formula is C22H25N3O. The average Bonchev–Trinajstić information content (AvgIpc) is 3.22. The number of ether oxygens (including phenoxy) is 1. The van der Waals surface area contributed by atoms with Crippen LogP contribution in [-0.4, -0.2) is 34.1 Å². The lowest BCUT2D eigenvalue weighted by Crippen LogP contribution is -2.37. The predicted octanol–water partition coefficient (Wildman–Crippen LogP) is 4.18. The van der Waals surface area contributed by atoms with Crippen molar-refractivity contribution < 1.29 is 4.74 Å². The number of benzene rings is 2. The minimum atomic E-state index is 0.00144. The second-order valence-electron chi connectivity index (χ2n) is 6.89. The van der Waals surface area contributed by atoms with Gasteiger partial charge in [0.1, 0.15) is 6.10 Å². The quantitative estimate of drug-likeness (QED) is 0.727. The number of hydrogen-bond acceptors (Lipinski definition) is 3. The number of likely N-dealkylation sites (tertiary alicyclic amines) is 1. The third kappa shape index (κ3) is 4.21. The van der Waals surface area contributed by atoms with Gasteiger partial charge in [0.25, 0.3) is 0 Å². The molecule has 3 aromatic rings. The van der Waals surface area contributed by atoms with Gasteiger partial charge in [0.15, 0.2) is 0 Å². The molecule has 1 aliphatic rings. The Bertz CT molecular complexity index is 726. The summed E-state index contributed by atoms with van der Waals surface area (Å²) >= 11 is 0. The molecule has 4 rings (SSSR count). The maximum atomic E-state index is 6.60. The van der Waals surface area contributed by atoms with Crippen molar-refractivity contribution in [3.05, 3.63) is 90.0 Å². The van der Waals surface area contributed by atoms with E-state index in [0.29, 0.717) is 6.10 Å². The highest BCUT2D eigenvalue weighted by atomic mass is 16.5. The van der Waals surface area contributed by atoms with E-state index in [9.17, 15) is 0 Å². The first-order valence-corrected chi connectivity index (χ1v) is 9.33. The molecule has 1 N–H and O–H groups in total. The average molecular weight is 347 g/mol. The fourth-order valence-electron chi connectivity index (χ4n) is 3.61. The number of imidazole rings is 1. The Morgan fingerprint density at radius 3 is 2.12 bits per heavy atom. The fraction of sp³-hybridized carbons (Fsp3) is 0.318. The number of aromatic nitrogens is 2. The van der Waals surface area contributed by atoms with Crippen molar-refractivity contribution in [3.63, 3.8) is 0 Å². The molecule has 26 heavy (non-hydrogen) atoms. The van der Waals surface area contributed by atoms with E-state index < -0.39 is 0 Å². The largest absolute Gasteiger partial charge is 0.365 e. The summed E-state index contributed by atoms with van der Waals surface area (Å²) < 4.78 is 6.60. The number of piperidine rings is 1. The van der Waals surface area contributed by atoms with Gasteiger partial charge in [0.2, 0.25) is 0 Å². The van der Waals surface area contributed by atoms with E-state index >= 15 is 0 Å². The van der Waals surface area contributed by atoms with Crippen LogP contribution in [0.1, 0.15) is 35.8 Å². The monoisotopic (exact) mass is 347 g/mol. The van der Waals surface area contributed by atoms with Crippen molar-refractivity contribution in [1.82, 2.24) is 14.9 Å². The molecule has 1 saturated heterocycles. The smallest absolute Gasteiger partial charge is 0.108 e. The van der Waals surface area contributed by atoms with E-state index in [1.54, 1.807) is 6.33 Å². The van der Waals surface area contributed by atoms with Gasteiger partial charge in [0, 0.05) is 31.5 Å². The molecule has 0 saturated carbocycles. The SMILES string of the molecule is c1ccc(C(OC2CCN(Cc3cnc[nH]3)CC2)c2ccccc2)cc1. The van der Waals surface area contributed by atoms with E-state index in [2.05, 4.69) is 75.5 Å². The van der Waals surface area contributed by atoms with Crippen molar-refractivity contribution in [2.75, 3.05) is 13.1 Å². The van der Waals surface area contributed by atoms with Crippen molar-refractivity contribution in [2.45, 2.75) is 31.6 Å². The van der Waals surface area contributed by atoms with Gasteiger partial charge < -0.3 is 9.72 Å². The molecule has 0 atom stereocenters. The van der Waals surface area contributed by atoms with Crippen LogP contribution in [0.3, 0.4) is 0 Å². The molecule has 4 nitrogen and oxygen atoms in total. The molecule has 0 unspecified atom stereocenters. The molecule has 134 valence electrons. The Kier molecular flexibility index (Phi) is 5.43. The summed E-state index contributed by atoms with van der Waals surface area (Å²) in [4.78, 5) is 9.75. The van der Waals surface area contributed by atoms with Crippen LogP contribution in [0.15, 0.2) is 73.2 Å². The number of rotatable bonds is 6. The van der Waals surface area contributed by atoms with Crippen LogP contribution in [-0.2, 0) is 11.3 Å². The molecule has 0 spiro atoms. The summed E-state index contributed by atoms with van der Waals surface area (Å²) in [5.41, 5.74) is 3.62. The third-order valence-electron chi connectivity index (χ3n) is 5.02. The van der Waals surface area contributed by atoms with Crippen molar-refractivity contribution in [3.8, 4) is 0 Å². The highest BCUT2D eigenvalue weighted by Gasteiger charge is 2.24. The minimum Gasteiger partial charge on any atom is -0.365 e. The van der Waals surface area contributed by atoms with Crippen molar-refractivity contribution in [1.29, 1.82) is 0 Å². The summed E-state index contributed by atoms with van der Waals surface area (Å²) in [5.74, 6) is 0. The summed E-state index contributed by atoms with van der Waals surface area (Å²) in [5, 5.41) is 0. The van der Waals surface area contributed by atoms with Crippen LogP contribution in [0.4, 0.5) is 0 Å². The van der Waals surface area contributed by atoms with E-state index in [4.69, 9.17) is 4.74 Å². The first kappa shape index (κ1) is 17.0. The van der Waals surface area contributed by atoms with Crippen molar-refractivity contribution in [2.24, 2.45) is 0 Å². The molecule has 1 aliphatic heterocycles. The van der Waals surface area contributed by atoms with Gasteiger partial charge in [-0.15, -0.1) is 0 Å². The van der Waals surface area contributed by atoms with Gasteiger partial charge in [-0.1, -0.05) is 60.7 Å². The van der Waals surface area contributed by atoms with E-state index in [-0.39, 0.29) is 6.10 Å². The highest BCUT2D eigenvalue weighted by molar-refractivity contribution is 5.30. The third-order valence-corrected chi connectivity index (χ3v) is 5.02. The number of aromatic amines is 1. The Labute approximate surface area is 154 Å².